The lowest BCUT2D eigenvalue weighted by Crippen LogP contribution is -2.26. The van der Waals surface area contributed by atoms with Gasteiger partial charge in [-0.1, -0.05) is 25.5 Å². The van der Waals surface area contributed by atoms with E-state index in [4.69, 9.17) is 4.74 Å². The highest BCUT2D eigenvalue weighted by Gasteiger charge is 2.33. The summed E-state index contributed by atoms with van der Waals surface area (Å²) in [5.74, 6) is -3.21. The van der Waals surface area contributed by atoms with Gasteiger partial charge >= 0.3 is 6.11 Å². The molecule has 0 aliphatic heterocycles. The van der Waals surface area contributed by atoms with Crippen LogP contribution in [0.4, 0.5) is 22.0 Å². The molecule has 0 saturated heterocycles. The molecule has 0 amide bonds. The monoisotopic (exact) mass is 456 g/mol. The molecule has 0 bridgehead atoms. The summed E-state index contributed by atoms with van der Waals surface area (Å²) in [5.41, 5.74) is 0.562. The maximum Gasteiger partial charge on any atom is 0.398 e. The molecule has 1 aliphatic carbocycles. The normalized spacial score (nSPS) is 19.1. The zero-order valence-electron chi connectivity index (χ0n) is 18.4. The van der Waals surface area contributed by atoms with Crippen molar-refractivity contribution in [1.82, 2.24) is 0 Å². The van der Waals surface area contributed by atoms with Crippen LogP contribution in [-0.2, 0) is 6.42 Å². The molecule has 2 aromatic rings. The van der Waals surface area contributed by atoms with Crippen LogP contribution in [0.25, 0.3) is 0 Å². The lowest BCUT2D eigenvalue weighted by molar-refractivity contribution is -0.181. The molecule has 0 unspecified atom stereocenters. The fraction of sp³-hybridized carbons (Fsp3) is 0.520. The van der Waals surface area contributed by atoms with Crippen LogP contribution in [0, 0.1) is 23.4 Å². The minimum Gasteiger partial charge on any atom is -0.491 e. The number of rotatable bonds is 9. The minimum atomic E-state index is -3.75. The number of alkyl halides is 2. The number of halogens is 5. The van der Waals surface area contributed by atoms with E-state index in [-0.39, 0.29) is 23.8 Å². The van der Waals surface area contributed by atoms with Crippen molar-refractivity contribution in [2.75, 3.05) is 6.61 Å². The summed E-state index contributed by atoms with van der Waals surface area (Å²) in [4.78, 5) is 0. The Labute approximate surface area is 185 Å². The number of benzene rings is 2. The van der Waals surface area contributed by atoms with E-state index in [1.54, 1.807) is 13.0 Å². The molecule has 2 aromatic carbocycles. The number of aryl methyl sites for hydroxylation is 1. The predicted octanol–water partition coefficient (Wildman–Crippen LogP) is 7.79. The van der Waals surface area contributed by atoms with Gasteiger partial charge in [-0.25, -0.2) is 8.78 Å². The van der Waals surface area contributed by atoms with Gasteiger partial charge in [0.05, 0.1) is 13.0 Å². The Morgan fingerprint density at radius 2 is 1.59 bits per heavy atom. The second kappa shape index (κ2) is 10.5. The van der Waals surface area contributed by atoms with E-state index in [0.29, 0.717) is 5.92 Å². The van der Waals surface area contributed by atoms with E-state index < -0.39 is 42.2 Å². The third kappa shape index (κ3) is 5.93. The smallest absolute Gasteiger partial charge is 0.398 e. The fourth-order valence-corrected chi connectivity index (χ4v) is 4.28. The molecule has 1 fully saturated rings. The first-order valence-electron chi connectivity index (χ1n) is 11.2. The molecule has 1 aliphatic rings. The van der Waals surface area contributed by atoms with Gasteiger partial charge in [-0.05, 0) is 80.2 Å². The quantitative estimate of drug-likeness (QED) is 0.359. The van der Waals surface area contributed by atoms with Gasteiger partial charge in [0.2, 0.25) is 5.82 Å². The molecule has 0 heterocycles. The summed E-state index contributed by atoms with van der Waals surface area (Å²) in [6, 6.07) is 6.52. The van der Waals surface area contributed by atoms with Crippen molar-refractivity contribution in [1.29, 1.82) is 0 Å². The van der Waals surface area contributed by atoms with Gasteiger partial charge in [0.25, 0.3) is 0 Å². The zero-order chi connectivity index (χ0) is 23.3. The molecule has 0 spiro atoms. The van der Waals surface area contributed by atoms with Crippen LogP contribution in [0.2, 0.25) is 0 Å². The largest absolute Gasteiger partial charge is 0.491 e. The molecule has 1 saturated carbocycles. The average Bonchev–Trinajstić information content (AvgIpc) is 2.78. The van der Waals surface area contributed by atoms with Crippen LogP contribution >= 0.6 is 0 Å². The summed E-state index contributed by atoms with van der Waals surface area (Å²) in [5, 5.41) is 0. The van der Waals surface area contributed by atoms with Gasteiger partial charge in [0, 0.05) is 0 Å². The average molecular weight is 456 g/mol. The maximum absolute atomic E-state index is 14.5. The first-order chi connectivity index (χ1) is 15.2. The molecule has 176 valence electrons. The molecule has 3 rings (SSSR count). The van der Waals surface area contributed by atoms with Crippen LogP contribution in [0.3, 0.4) is 0 Å². The Bertz CT molecular complexity index is 907. The second-order valence-electron chi connectivity index (χ2n) is 8.34. The summed E-state index contributed by atoms with van der Waals surface area (Å²) in [6.07, 6.45) is 0.0575. The molecule has 32 heavy (non-hydrogen) atoms. The van der Waals surface area contributed by atoms with Crippen LogP contribution < -0.4 is 9.47 Å². The van der Waals surface area contributed by atoms with Crippen molar-refractivity contribution in [2.45, 2.75) is 70.8 Å². The Morgan fingerprint density at radius 1 is 0.906 bits per heavy atom. The Morgan fingerprint density at radius 3 is 2.22 bits per heavy atom. The standard InChI is InChI=1S/C25H29F5O2/c1-3-16-5-7-17(8-6-16)19-10-11-21(20(26)15-19)32-25(29,30)14-13-18-9-12-22(31-4-2)24(28)23(18)27/h9-12,15-17H,3-8,13-14H2,1-2H3. The highest BCUT2D eigenvalue weighted by atomic mass is 19.3. The van der Waals surface area contributed by atoms with Crippen LogP contribution in [0.15, 0.2) is 30.3 Å². The SMILES string of the molecule is CCOc1ccc(CCC(F)(F)Oc2ccc(C3CCC(CC)CC3)cc2F)c(F)c1F. The highest BCUT2D eigenvalue weighted by Crippen LogP contribution is 2.38. The summed E-state index contributed by atoms with van der Waals surface area (Å²) in [7, 11) is 0. The van der Waals surface area contributed by atoms with Crippen LogP contribution in [-0.4, -0.2) is 12.7 Å². The Balaban J connectivity index is 1.62. The van der Waals surface area contributed by atoms with E-state index in [1.807, 2.05) is 0 Å². The third-order valence-corrected chi connectivity index (χ3v) is 6.22. The van der Waals surface area contributed by atoms with Gasteiger partial charge in [-0.15, -0.1) is 0 Å². The molecular weight excluding hydrogens is 427 g/mol. The maximum atomic E-state index is 14.5. The van der Waals surface area contributed by atoms with E-state index in [9.17, 15) is 22.0 Å². The van der Waals surface area contributed by atoms with Crippen molar-refractivity contribution in [3.63, 3.8) is 0 Å². The van der Waals surface area contributed by atoms with Gasteiger partial charge in [-0.2, -0.15) is 13.2 Å². The molecule has 0 aromatic heterocycles. The van der Waals surface area contributed by atoms with Crippen molar-refractivity contribution < 1.29 is 31.4 Å². The Kier molecular flexibility index (Phi) is 8.01. The zero-order valence-corrected chi connectivity index (χ0v) is 18.4. The van der Waals surface area contributed by atoms with E-state index in [0.717, 1.165) is 37.7 Å². The number of hydrogen-bond donors (Lipinski definition) is 0. The molecule has 7 heteroatoms. The van der Waals surface area contributed by atoms with Crippen molar-refractivity contribution in [3.8, 4) is 11.5 Å². The van der Waals surface area contributed by atoms with Crippen LogP contribution in [0.5, 0.6) is 11.5 Å². The second-order valence-corrected chi connectivity index (χ2v) is 8.34. The van der Waals surface area contributed by atoms with Gasteiger partial charge in [0.1, 0.15) is 0 Å². The van der Waals surface area contributed by atoms with E-state index >= 15 is 0 Å². The lowest BCUT2D eigenvalue weighted by Gasteiger charge is -2.28. The number of ether oxygens (including phenoxy) is 2. The van der Waals surface area contributed by atoms with Gasteiger partial charge in [0.15, 0.2) is 23.1 Å². The molecule has 0 atom stereocenters. The summed E-state index contributed by atoms with van der Waals surface area (Å²) < 4.78 is 80.7. The van der Waals surface area contributed by atoms with Crippen molar-refractivity contribution in [2.24, 2.45) is 5.92 Å². The van der Waals surface area contributed by atoms with Crippen molar-refractivity contribution >= 4 is 0 Å². The van der Waals surface area contributed by atoms with E-state index in [1.165, 1.54) is 24.3 Å². The summed E-state index contributed by atoms with van der Waals surface area (Å²) >= 11 is 0. The Hall–Kier alpha value is -2.31. The van der Waals surface area contributed by atoms with Crippen LogP contribution in [0.1, 0.15) is 69.4 Å². The predicted molar refractivity (Wildman–Crippen MR) is 113 cm³/mol. The molecule has 0 radical (unpaired) electrons. The first kappa shape index (κ1) is 24.3. The van der Waals surface area contributed by atoms with Gasteiger partial charge < -0.3 is 9.47 Å². The highest BCUT2D eigenvalue weighted by molar-refractivity contribution is 5.33. The van der Waals surface area contributed by atoms with Crippen molar-refractivity contribution in [3.05, 3.63) is 58.9 Å². The first-order valence-corrected chi connectivity index (χ1v) is 11.2. The third-order valence-electron chi connectivity index (χ3n) is 6.22. The topological polar surface area (TPSA) is 18.5 Å². The van der Waals surface area contributed by atoms with Gasteiger partial charge in [-0.3, -0.25) is 0 Å². The molecular formula is C25H29F5O2. The van der Waals surface area contributed by atoms with E-state index in [2.05, 4.69) is 11.7 Å². The lowest BCUT2D eigenvalue weighted by atomic mass is 9.78. The fourth-order valence-electron chi connectivity index (χ4n) is 4.28. The molecule has 2 nitrogen and oxygen atoms in total. The number of hydrogen-bond acceptors (Lipinski definition) is 2. The summed E-state index contributed by atoms with van der Waals surface area (Å²) in [6.45, 7) is 3.93. The minimum absolute atomic E-state index is 0.145. The molecule has 0 N–H and O–H groups in total.